The molecule has 0 saturated carbocycles. The van der Waals surface area contributed by atoms with E-state index in [1.165, 1.54) is 29.6 Å². The van der Waals surface area contributed by atoms with E-state index >= 15 is 0 Å². The summed E-state index contributed by atoms with van der Waals surface area (Å²) in [5.74, 6) is 0.555. The Morgan fingerprint density at radius 1 is 0.611 bits per heavy atom. The highest BCUT2D eigenvalue weighted by atomic mass is 28.5. The van der Waals surface area contributed by atoms with Gasteiger partial charge in [-0.15, -0.1) is 0 Å². The molecule has 2 heterocycles. The Morgan fingerprint density at radius 2 is 1.03 bits per heavy atom. The summed E-state index contributed by atoms with van der Waals surface area (Å²) in [5.41, 5.74) is 13.9. The van der Waals surface area contributed by atoms with Gasteiger partial charge in [0.2, 0.25) is 0 Å². The minimum Gasteiger partial charge on any atom is -0.0868 e. The fourth-order valence-electron chi connectivity index (χ4n) is 10.3. The summed E-state index contributed by atoms with van der Waals surface area (Å²) in [4.78, 5) is 0. The SMILES string of the molecule is CC1=CC=C(C(C)C)C=C2C(C)=C[Si]3(C=C12)C([Si](C)(C)C)([Si](C)(C)C)CCC3([Si](C)(C)C)[Si](C)(C)C. The van der Waals surface area contributed by atoms with E-state index in [2.05, 4.69) is 136 Å². The minimum absolute atomic E-state index is 0.555. The molecule has 1 aliphatic carbocycles. The lowest BCUT2D eigenvalue weighted by Gasteiger charge is -2.66. The molecule has 5 heteroatoms. The highest BCUT2D eigenvalue weighted by molar-refractivity contribution is 7.30. The second-order valence-electron chi connectivity index (χ2n) is 16.8. The lowest BCUT2D eigenvalue weighted by molar-refractivity contribution is 0.763. The van der Waals surface area contributed by atoms with Gasteiger partial charge < -0.3 is 0 Å². The van der Waals surface area contributed by atoms with Crippen molar-refractivity contribution in [3.8, 4) is 0 Å². The maximum atomic E-state index is 3.09. The van der Waals surface area contributed by atoms with Crippen LogP contribution in [0.5, 0.6) is 0 Å². The molecule has 0 aromatic heterocycles. The fraction of sp³-hybridized carbons (Fsp3) is 0.677. The van der Waals surface area contributed by atoms with Crippen molar-refractivity contribution in [1.82, 2.24) is 0 Å². The highest BCUT2D eigenvalue weighted by Gasteiger charge is 2.79. The Morgan fingerprint density at radius 3 is 1.39 bits per heavy atom. The van der Waals surface area contributed by atoms with Crippen molar-refractivity contribution in [2.75, 3.05) is 0 Å². The van der Waals surface area contributed by atoms with E-state index in [0.29, 0.717) is 14.5 Å². The second kappa shape index (κ2) is 8.90. The molecule has 1 spiro atoms. The van der Waals surface area contributed by atoms with Crippen molar-refractivity contribution in [3.05, 3.63) is 57.5 Å². The zero-order valence-electron chi connectivity index (χ0n) is 26.9. The predicted molar refractivity (Wildman–Crippen MR) is 180 cm³/mol. The van der Waals surface area contributed by atoms with E-state index < -0.39 is 40.4 Å². The number of hydrogen-bond acceptors (Lipinski definition) is 0. The summed E-state index contributed by atoms with van der Waals surface area (Å²) in [6.45, 7) is 42.8. The third kappa shape index (κ3) is 3.96. The first kappa shape index (κ1) is 30.3. The van der Waals surface area contributed by atoms with E-state index in [1.807, 2.05) is 0 Å². The maximum absolute atomic E-state index is 3.09. The first-order valence-corrected chi connectivity index (χ1v) is 30.7. The summed E-state index contributed by atoms with van der Waals surface area (Å²) in [5, 5.41) is 0. The lowest BCUT2D eigenvalue weighted by atomic mass is 9.93. The molecule has 3 rings (SSSR count). The number of allylic oxidation sites excluding steroid dienone is 8. The molecule has 2 aliphatic heterocycles. The topological polar surface area (TPSA) is 0 Å². The van der Waals surface area contributed by atoms with Gasteiger partial charge in [-0.3, -0.25) is 0 Å². The molecule has 0 amide bonds. The summed E-state index contributed by atoms with van der Waals surface area (Å²) < 4.78 is 1.16. The van der Waals surface area contributed by atoms with Gasteiger partial charge in [0.15, 0.2) is 0 Å². The summed E-state index contributed by atoms with van der Waals surface area (Å²) >= 11 is 0. The normalized spacial score (nSPS) is 24.0. The van der Waals surface area contributed by atoms with Crippen LogP contribution in [-0.2, 0) is 0 Å². The van der Waals surface area contributed by atoms with Gasteiger partial charge in [0.1, 0.15) is 8.07 Å². The second-order valence-corrected chi connectivity index (χ2v) is 45.2. The van der Waals surface area contributed by atoms with Crippen LogP contribution in [0, 0.1) is 5.92 Å². The van der Waals surface area contributed by atoms with Crippen molar-refractivity contribution in [2.24, 2.45) is 5.92 Å². The third-order valence-electron chi connectivity index (χ3n) is 10.9. The third-order valence-corrected chi connectivity index (χ3v) is 50.0. The summed E-state index contributed by atoms with van der Waals surface area (Å²) in [7, 11) is -8.25. The van der Waals surface area contributed by atoms with Gasteiger partial charge >= 0.3 is 0 Å². The Balaban J connectivity index is 2.62. The first-order chi connectivity index (χ1) is 16.0. The van der Waals surface area contributed by atoms with E-state index in [9.17, 15) is 0 Å². The molecule has 0 nitrogen and oxygen atoms in total. The molecule has 0 radical (unpaired) electrons. The molecule has 202 valence electrons. The van der Waals surface area contributed by atoms with Gasteiger partial charge in [-0.05, 0) is 50.6 Å². The molecule has 0 N–H and O–H groups in total. The van der Waals surface area contributed by atoms with Crippen LogP contribution in [-0.4, -0.2) is 40.4 Å². The molecule has 36 heavy (non-hydrogen) atoms. The highest BCUT2D eigenvalue weighted by Crippen LogP contribution is 2.77. The Kier molecular flexibility index (Phi) is 7.50. The van der Waals surface area contributed by atoms with Crippen molar-refractivity contribution in [2.45, 2.75) is 128 Å². The monoisotopic (exact) mass is 570 g/mol. The average molecular weight is 571 g/mol. The zero-order valence-corrected chi connectivity index (χ0v) is 31.9. The number of hydrogen-bond donors (Lipinski definition) is 0. The molecule has 3 aliphatic rings. The zero-order chi connectivity index (χ0) is 27.9. The number of rotatable bonds is 5. The number of fused-ring (bicyclic) bond motifs is 1. The standard InChI is InChI=1S/C31H58Si5/c1-24(2)27-18-17-25(3)29-23-36(22-26(4)28(29)21-27)30(32(5,6)7,33(8,9)10)19-20-31(36,34(11,12)13)35(14,15)16/h17-18,21-24H,19-20H2,1-16H3. The molecular formula is C31H58Si5. The van der Waals surface area contributed by atoms with Gasteiger partial charge in [-0.2, -0.15) is 0 Å². The average Bonchev–Trinajstić information content (AvgIpc) is 2.86. The fourth-order valence-corrected chi connectivity index (χ4v) is 62.0. The van der Waals surface area contributed by atoms with Gasteiger partial charge in [0, 0.05) is 32.3 Å². The van der Waals surface area contributed by atoms with Gasteiger partial charge in [-0.25, -0.2) is 0 Å². The molecule has 1 fully saturated rings. The predicted octanol–water partition coefficient (Wildman–Crippen LogP) is 10.7. The van der Waals surface area contributed by atoms with Crippen LogP contribution in [0.25, 0.3) is 0 Å². The molecule has 0 unspecified atom stereocenters. The Bertz CT molecular complexity index is 998. The lowest BCUT2D eigenvalue weighted by Crippen LogP contribution is -2.75. The van der Waals surface area contributed by atoms with Gasteiger partial charge in [0.25, 0.3) is 0 Å². The summed E-state index contributed by atoms with van der Waals surface area (Å²) in [6, 6.07) is 0. The van der Waals surface area contributed by atoms with E-state index in [1.54, 1.807) is 11.1 Å². The molecule has 1 saturated heterocycles. The van der Waals surface area contributed by atoms with Crippen LogP contribution in [0.1, 0.15) is 40.5 Å². The molecule has 0 bridgehead atoms. The van der Waals surface area contributed by atoms with Gasteiger partial charge in [0.05, 0.1) is 0 Å². The maximum Gasteiger partial charge on any atom is 0.104 e. The van der Waals surface area contributed by atoms with E-state index in [4.69, 9.17) is 0 Å². The van der Waals surface area contributed by atoms with Crippen LogP contribution in [0.15, 0.2) is 57.5 Å². The van der Waals surface area contributed by atoms with Crippen LogP contribution >= 0.6 is 0 Å². The van der Waals surface area contributed by atoms with Crippen molar-refractivity contribution >= 4 is 40.4 Å². The molecule has 0 aromatic rings. The van der Waals surface area contributed by atoms with Crippen LogP contribution < -0.4 is 0 Å². The Hall–Kier alpha value is -0.216. The minimum atomic E-state index is -2.09. The van der Waals surface area contributed by atoms with Crippen LogP contribution in [0.4, 0.5) is 0 Å². The van der Waals surface area contributed by atoms with Crippen LogP contribution in [0.3, 0.4) is 0 Å². The molecular weight excluding hydrogens is 513 g/mol. The molecule has 0 atom stereocenters. The van der Waals surface area contributed by atoms with Crippen molar-refractivity contribution in [3.63, 3.8) is 0 Å². The van der Waals surface area contributed by atoms with Crippen molar-refractivity contribution < 1.29 is 0 Å². The largest absolute Gasteiger partial charge is 0.104 e. The smallest absolute Gasteiger partial charge is 0.0868 e. The van der Waals surface area contributed by atoms with Gasteiger partial charge in [-0.1, -0.05) is 140 Å². The van der Waals surface area contributed by atoms with E-state index in [-0.39, 0.29) is 0 Å². The quantitative estimate of drug-likeness (QED) is 0.288. The summed E-state index contributed by atoms with van der Waals surface area (Å²) in [6.07, 6.45) is 10.4. The Labute approximate surface area is 230 Å². The first-order valence-electron chi connectivity index (χ1n) is 14.5. The van der Waals surface area contributed by atoms with Crippen LogP contribution in [0.2, 0.25) is 87.1 Å². The van der Waals surface area contributed by atoms with Crippen molar-refractivity contribution in [1.29, 1.82) is 0 Å². The van der Waals surface area contributed by atoms with E-state index in [0.717, 1.165) is 0 Å². The molecule has 0 aromatic carbocycles.